The molecule has 3 saturated carbocycles. The number of fused-ring (bicyclic) bond motifs is 5. The summed E-state index contributed by atoms with van der Waals surface area (Å²) in [6.45, 7) is 9.36. The zero-order valence-electron chi connectivity index (χ0n) is 15.8. The van der Waals surface area contributed by atoms with Gasteiger partial charge in [-0.1, -0.05) is 26.3 Å². The first-order valence-electron chi connectivity index (χ1n) is 10.2. The van der Waals surface area contributed by atoms with Crippen LogP contribution in [0.4, 0.5) is 0 Å². The number of allylic oxidation sites excluding steroid dienone is 1. The summed E-state index contributed by atoms with van der Waals surface area (Å²) in [5, 5.41) is 10.3. The first-order valence-corrected chi connectivity index (χ1v) is 10.2. The summed E-state index contributed by atoms with van der Waals surface area (Å²) in [5.74, 6) is 3.80. The van der Waals surface area contributed by atoms with E-state index in [4.69, 9.17) is 0 Å². The van der Waals surface area contributed by atoms with Crippen molar-refractivity contribution in [3.8, 4) is 0 Å². The molecule has 0 amide bonds. The monoisotopic (exact) mass is 330 g/mol. The largest absolute Gasteiger partial charge is 0.393 e. The molecule has 2 nitrogen and oxygen atoms in total. The molecule has 0 radical (unpaired) electrons. The Balaban J connectivity index is 1.71. The number of rotatable bonds is 1. The van der Waals surface area contributed by atoms with Gasteiger partial charge in [0, 0.05) is 6.42 Å². The van der Waals surface area contributed by atoms with Crippen LogP contribution in [0.15, 0.2) is 11.6 Å². The van der Waals surface area contributed by atoms with Crippen molar-refractivity contribution in [2.45, 2.75) is 78.7 Å². The third-order valence-corrected chi connectivity index (χ3v) is 8.97. The van der Waals surface area contributed by atoms with Crippen LogP contribution in [0.25, 0.3) is 0 Å². The second-order valence-electron chi connectivity index (χ2n) is 9.99. The van der Waals surface area contributed by atoms with E-state index in [1.54, 1.807) is 0 Å². The average molecular weight is 331 g/mol. The van der Waals surface area contributed by atoms with Gasteiger partial charge in [0.2, 0.25) is 0 Å². The van der Waals surface area contributed by atoms with E-state index in [2.05, 4.69) is 20.8 Å². The van der Waals surface area contributed by atoms with E-state index in [1.165, 1.54) is 31.3 Å². The fraction of sp³-hybridized carbons (Fsp3) is 0.864. The highest BCUT2D eigenvalue weighted by Gasteiger charge is 2.61. The van der Waals surface area contributed by atoms with E-state index in [0.29, 0.717) is 23.0 Å². The summed E-state index contributed by atoms with van der Waals surface area (Å²) < 4.78 is 0. The molecule has 4 aliphatic carbocycles. The molecule has 2 unspecified atom stereocenters. The van der Waals surface area contributed by atoms with Crippen LogP contribution in [0.1, 0.15) is 72.6 Å². The molecule has 0 heterocycles. The SMILES string of the molecule is CC1CC2=CC(=O)CC[C@]2(C)[C@H]2CC[C@]3(C)[C@@H](C(C)O)CC[C@H]3[C@H]12. The van der Waals surface area contributed by atoms with Crippen LogP contribution in [-0.2, 0) is 4.79 Å². The van der Waals surface area contributed by atoms with Crippen LogP contribution in [0.2, 0.25) is 0 Å². The van der Waals surface area contributed by atoms with Gasteiger partial charge in [-0.25, -0.2) is 0 Å². The van der Waals surface area contributed by atoms with Gasteiger partial charge >= 0.3 is 0 Å². The quantitative estimate of drug-likeness (QED) is 0.752. The van der Waals surface area contributed by atoms with Gasteiger partial charge in [-0.05, 0) is 91.9 Å². The molecule has 4 aliphatic rings. The molecule has 24 heavy (non-hydrogen) atoms. The predicted molar refractivity (Wildman–Crippen MR) is 96.4 cm³/mol. The van der Waals surface area contributed by atoms with Gasteiger partial charge < -0.3 is 5.11 Å². The molecule has 0 bridgehead atoms. The Morgan fingerprint density at radius 2 is 1.92 bits per heavy atom. The summed E-state index contributed by atoms with van der Waals surface area (Å²) in [7, 11) is 0. The Labute approximate surface area is 147 Å². The maximum Gasteiger partial charge on any atom is 0.155 e. The van der Waals surface area contributed by atoms with Crippen molar-refractivity contribution >= 4 is 5.78 Å². The number of ketones is 1. The number of hydrogen-bond donors (Lipinski definition) is 1. The Hall–Kier alpha value is -0.630. The lowest BCUT2D eigenvalue weighted by molar-refractivity contribution is -0.119. The number of carbonyl (C=O) groups excluding carboxylic acids is 1. The lowest BCUT2D eigenvalue weighted by atomic mass is 9.44. The second kappa shape index (κ2) is 5.43. The molecule has 0 saturated heterocycles. The molecule has 0 aliphatic heterocycles. The predicted octanol–water partition coefficient (Wildman–Crippen LogP) is 4.76. The van der Waals surface area contributed by atoms with Gasteiger partial charge in [0.25, 0.3) is 0 Å². The summed E-state index contributed by atoms with van der Waals surface area (Å²) in [5.41, 5.74) is 2.04. The smallest absolute Gasteiger partial charge is 0.155 e. The maximum absolute atomic E-state index is 12.0. The minimum atomic E-state index is -0.172. The Bertz CT molecular complexity index is 577. The fourth-order valence-electron chi connectivity index (χ4n) is 7.74. The van der Waals surface area contributed by atoms with E-state index < -0.39 is 0 Å². The van der Waals surface area contributed by atoms with Crippen LogP contribution in [0, 0.1) is 40.4 Å². The Morgan fingerprint density at radius 3 is 2.62 bits per heavy atom. The van der Waals surface area contributed by atoms with Crippen molar-refractivity contribution in [3.05, 3.63) is 11.6 Å². The molecule has 0 aromatic rings. The topological polar surface area (TPSA) is 37.3 Å². The van der Waals surface area contributed by atoms with E-state index >= 15 is 0 Å². The molecule has 134 valence electrons. The van der Waals surface area contributed by atoms with E-state index in [1.807, 2.05) is 13.0 Å². The highest BCUT2D eigenvalue weighted by molar-refractivity contribution is 5.91. The van der Waals surface area contributed by atoms with Crippen molar-refractivity contribution in [1.29, 1.82) is 0 Å². The highest BCUT2D eigenvalue weighted by atomic mass is 16.3. The molecule has 4 rings (SSSR count). The fourth-order valence-corrected chi connectivity index (χ4v) is 7.74. The van der Waals surface area contributed by atoms with Crippen molar-refractivity contribution in [1.82, 2.24) is 0 Å². The van der Waals surface area contributed by atoms with Crippen LogP contribution in [0.3, 0.4) is 0 Å². The van der Waals surface area contributed by atoms with Crippen LogP contribution in [-0.4, -0.2) is 17.0 Å². The van der Waals surface area contributed by atoms with Gasteiger partial charge in [0.1, 0.15) is 0 Å². The maximum atomic E-state index is 12.0. The lowest BCUT2D eigenvalue weighted by Crippen LogP contribution is -2.53. The average Bonchev–Trinajstić information content (AvgIpc) is 2.86. The van der Waals surface area contributed by atoms with Crippen molar-refractivity contribution in [3.63, 3.8) is 0 Å². The van der Waals surface area contributed by atoms with Crippen LogP contribution < -0.4 is 0 Å². The summed E-state index contributed by atoms with van der Waals surface area (Å²) in [6.07, 6.45) is 9.81. The minimum Gasteiger partial charge on any atom is -0.393 e. The van der Waals surface area contributed by atoms with Gasteiger partial charge in [-0.3, -0.25) is 4.79 Å². The Morgan fingerprint density at radius 1 is 1.17 bits per heavy atom. The third kappa shape index (κ3) is 2.14. The van der Waals surface area contributed by atoms with Gasteiger partial charge in [0.15, 0.2) is 5.78 Å². The van der Waals surface area contributed by atoms with Crippen molar-refractivity contribution in [2.24, 2.45) is 40.4 Å². The van der Waals surface area contributed by atoms with Crippen molar-refractivity contribution in [2.75, 3.05) is 0 Å². The molecule has 2 heteroatoms. The summed E-state index contributed by atoms with van der Waals surface area (Å²) in [6, 6.07) is 0. The minimum absolute atomic E-state index is 0.172. The molecular weight excluding hydrogens is 296 g/mol. The number of hydrogen-bond acceptors (Lipinski definition) is 2. The van der Waals surface area contributed by atoms with Gasteiger partial charge in [0.05, 0.1) is 6.10 Å². The van der Waals surface area contributed by atoms with Gasteiger partial charge in [-0.15, -0.1) is 0 Å². The van der Waals surface area contributed by atoms with Crippen LogP contribution in [0.5, 0.6) is 0 Å². The first-order chi connectivity index (χ1) is 11.3. The van der Waals surface area contributed by atoms with Gasteiger partial charge in [-0.2, -0.15) is 0 Å². The molecule has 0 aromatic heterocycles. The number of aliphatic hydroxyl groups is 1. The lowest BCUT2D eigenvalue weighted by Gasteiger charge is -2.60. The van der Waals surface area contributed by atoms with E-state index in [0.717, 1.165) is 37.0 Å². The second-order valence-corrected chi connectivity index (χ2v) is 9.99. The standard InChI is InChI=1S/C22H34O2/c1-13-11-15-12-16(24)7-9-21(15,3)19-8-10-22(4)17(14(2)23)5-6-18(22)20(13)19/h12-14,17-20,23H,5-11H2,1-4H3/t13?,14?,17-,18+,19+,20+,21+,22-/m1/s1. The van der Waals surface area contributed by atoms with E-state index in [-0.39, 0.29) is 11.5 Å². The zero-order chi connectivity index (χ0) is 17.3. The third-order valence-electron chi connectivity index (χ3n) is 8.97. The number of aliphatic hydroxyl groups excluding tert-OH is 1. The molecule has 1 N–H and O–H groups in total. The number of carbonyl (C=O) groups is 1. The molecule has 3 fully saturated rings. The Kier molecular flexibility index (Phi) is 3.81. The summed E-state index contributed by atoms with van der Waals surface area (Å²) in [4.78, 5) is 12.0. The zero-order valence-corrected chi connectivity index (χ0v) is 15.8. The van der Waals surface area contributed by atoms with Crippen molar-refractivity contribution < 1.29 is 9.90 Å². The van der Waals surface area contributed by atoms with E-state index in [9.17, 15) is 9.90 Å². The highest BCUT2D eigenvalue weighted by Crippen LogP contribution is 2.68. The first kappa shape index (κ1) is 16.8. The molecule has 0 spiro atoms. The van der Waals surface area contributed by atoms with Crippen LogP contribution >= 0.6 is 0 Å². The molecule has 8 atom stereocenters. The normalized spacial score (nSPS) is 52.1. The summed E-state index contributed by atoms with van der Waals surface area (Å²) >= 11 is 0. The molecule has 0 aromatic carbocycles. The molecular formula is C22H34O2.